The summed E-state index contributed by atoms with van der Waals surface area (Å²) < 4.78 is 4.44. The Morgan fingerprint density at radius 1 is 0.833 bits per heavy atom. The van der Waals surface area contributed by atoms with E-state index in [4.69, 9.17) is 0 Å². The fourth-order valence-electron chi connectivity index (χ4n) is 2.82. The third-order valence-corrected chi connectivity index (χ3v) is 3.62. The van der Waals surface area contributed by atoms with Gasteiger partial charge in [0, 0.05) is 10.8 Å². The molecule has 18 heavy (non-hydrogen) atoms. The van der Waals surface area contributed by atoms with Crippen molar-refractivity contribution in [2.75, 3.05) is 0 Å². The molecule has 0 amide bonds. The first-order valence-corrected chi connectivity index (χ1v) is 6.12. The second-order valence-electron chi connectivity index (χ2n) is 4.67. The minimum absolute atomic E-state index is 1.24. The Balaban J connectivity index is 2.48. The van der Waals surface area contributed by atoms with Gasteiger partial charge in [0.2, 0.25) is 0 Å². The summed E-state index contributed by atoms with van der Waals surface area (Å²) in [6.07, 6.45) is 4.23. The number of aryl methyl sites for hydroxylation is 1. The number of pyridine rings is 1. The second-order valence-corrected chi connectivity index (χ2v) is 4.67. The van der Waals surface area contributed by atoms with Gasteiger partial charge in [-0.1, -0.05) is 36.4 Å². The van der Waals surface area contributed by atoms with E-state index < -0.39 is 0 Å². The van der Waals surface area contributed by atoms with E-state index >= 15 is 0 Å². The van der Waals surface area contributed by atoms with Crippen LogP contribution in [0.1, 0.15) is 0 Å². The normalized spacial score (nSPS) is 11.6. The van der Waals surface area contributed by atoms with Gasteiger partial charge in [0.05, 0.1) is 12.4 Å². The quantitative estimate of drug-likeness (QED) is 0.326. The SMILES string of the molecule is C[n+]1ccn2c3ccccc3c3ccccc3c21. The van der Waals surface area contributed by atoms with Crippen molar-refractivity contribution in [2.45, 2.75) is 0 Å². The van der Waals surface area contributed by atoms with Gasteiger partial charge in [-0.25, -0.2) is 4.57 Å². The largest absolute Gasteiger partial charge is 0.294 e. The van der Waals surface area contributed by atoms with Gasteiger partial charge < -0.3 is 0 Å². The minimum atomic E-state index is 1.24. The molecule has 0 atom stereocenters. The monoisotopic (exact) mass is 233 g/mol. The molecule has 0 unspecified atom stereocenters. The number of aromatic nitrogens is 2. The molecule has 0 saturated carbocycles. The number of rotatable bonds is 0. The Bertz CT molecular complexity index is 887. The number of para-hydroxylation sites is 1. The highest BCUT2D eigenvalue weighted by Gasteiger charge is 2.15. The fourth-order valence-corrected chi connectivity index (χ4v) is 2.82. The van der Waals surface area contributed by atoms with Crippen molar-refractivity contribution in [1.82, 2.24) is 4.40 Å². The van der Waals surface area contributed by atoms with Gasteiger partial charge in [-0.15, -0.1) is 0 Å². The summed E-state index contributed by atoms with van der Waals surface area (Å²) >= 11 is 0. The van der Waals surface area contributed by atoms with E-state index in [0.717, 1.165) is 0 Å². The number of imidazole rings is 1. The molecule has 2 aromatic carbocycles. The third-order valence-electron chi connectivity index (χ3n) is 3.62. The predicted octanol–water partition coefficient (Wildman–Crippen LogP) is 3.07. The molecule has 0 N–H and O–H groups in total. The summed E-state index contributed by atoms with van der Waals surface area (Å²) in [5.41, 5.74) is 2.50. The molecule has 0 bridgehead atoms. The summed E-state index contributed by atoms with van der Waals surface area (Å²) in [5.74, 6) is 0. The molecule has 2 aromatic heterocycles. The Hall–Kier alpha value is -2.35. The number of fused-ring (bicyclic) bond motifs is 6. The minimum Gasteiger partial charge on any atom is -0.232 e. The van der Waals surface area contributed by atoms with Gasteiger partial charge in [0.15, 0.2) is 0 Å². The van der Waals surface area contributed by atoms with Gasteiger partial charge >= 0.3 is 0 Å². The predicted molar refractivity (Wildman–Crippen MR) is 73.6 cm³/mol. The highest BCUT2D eigenvalue weighted by Crippen LogP contribution is 2.27. The van der Waals surface area contributed by atoms with Crippen molar-refractivity contribution >= 4 is 27.3 Å². The van der Waals surface area contributed by atoms with Crippen LogP contribution in [0.15, 0.2) is 60.9 Å². The smallest absolute Gasteiger partial charge is 0.232 e. The molecule has 0 spiro atoms. The van der Waals surface area contributed by atoms with Crippen LogP contribution in [0.25, 0.3) is 27.3 Å². The first-order valence-electron chi connectivity index (χ1n) is 6.12. The van der Waals surface area contributed by atoms with Crippen LogP contribution in [0, 0.1) is 0 Å². The van der Waals surface area contributed by atoms with E-state index in [1.165, 1.54) is 27.3 Å². The zero-order chi connectivity index (χ0) is 12.1. The van der Waals surface area contributed by atoms with E-state index in [9.17, 15) is 0 Å². The molecule has 0 aliphatic rings. The Morgan fingerprint density at radius 2 is 1.50 bits per heavy atom. The van der Waals surface area contributed by atoms with Crippen LogP contribution in [0.4, 0.5) is 0 Å². The van der Waals surface area contributed by atoms with Crippen molar-refractivity contribution < 1.29 is 4.57 Å². The van der Waals surface area contributed by atoms with Crippen LogP contribution in [0.3, 0.4) is 0 Å². The summed E-state index contributed by atoms with van der Waals surface area (Å²) in [6, 6.07) is 17.2. The lowest BCUT2D eigenvalue weighted by molar-refractivity contribution is -0.643. The van der Waals surface area contributed by atoms with Gasteiger partial charge in [-0.3, -0.25) is 0 Å². The molecule has 2 heteroatoms. The van der Waals surface area contributed by atoms with Crippen LogP contribution in [0.2, 0.25) is 0 Å². The van der Waals surface area contributed by atoms with Gasteiger partial charge in [0.1, 0.15) is 17.9 Å². The van der Waals surface area contributed by atoms with E-state index in [1.54, 1.807) is 0 Å². The first-order chi connectivity index (χ1) is 8.86. The number of hydrogen-bond donors (Lipinski definition) is 0. The maximum Gasteiger partial charge on any atom is 0.294 e. The summed E-state index contributed by atoms with van der Waals surface area (Å²) in [4.78, 5) is 0. The average molecular weight is 233 g/mol. The maximum atomic E-state index is 2.26. The number of hydrogen-bond acceptors (Lipinski definition) is 0. The lowest BCUT2D eigenvalue weighted by atomic mass is 10.1. The fraction of sp³-hybridized carbons (Fsp3) is 0.0625. The van der Waals surface area contributed by atoms with Crippen molar-refractivity contribution in [3.05, 3.63) is 60.9 Å². The molecule has 2 heterocycles. The Labute approximate surface area is 105 Å². The Kier molecular flexibility index (Phi) is 1.78. The summed E-state index contributed by atoms with van der Waals surface area (Å²) in [5, 5.41) is 3.91. The molecule has 4 aromatic rings. The molecule has 86 valence electrons. The van der Waals surface area contributed by atoms with E-state index in [1.807, 2.05) is 0 Å². The second kappa shape index (κ2) is 3.33. The van der Waals surface area contributed by atoms with Crippen molar-refractivity contribution in [1.29, 1.82) is 0 Å². The average Bonchev–Trinajstić information content (AvgIpc) is 2.82. The standard InChI is InChI=1S/C16H13N2/c1-17-10-11-18-15-9-5-4-7-13(15)12-6-2-3-8-14(12)16(17)18/h2-11H,1H3/q+1. The zero-order valence-electron chi connectivity index (χ0n) is 10.2. The zero-order valence-corrected chi connectivity index (χ0v) is 10.2. The molecule has 0 aliphatic heterocycles. The Morgan fingerprint density at radius 3 is 2.33 bits per heavy atom. The van der Waals surface area contributed by atoms with Crippen LogP contribution >= 0.6 is 0 Å². The van der Waals surface area contributed by atoms with Gasteiger partial charge in [-0.05, 0) is 12.1 Å². The number of benzene rings is 2. The molecule has 0 fully saturated rings. The lowest BCUT2D eigenvalue weighted by Gasteiger charge is -2.03. The first kappa shape index (κ1) is 9.66. The molecule has 2 nitrogen and oxygen atoms in total. The summed E-state index contributed by atoms with van der Waals surface area (Å²) in [7, 11) is 2.09. The number of nitrogens with zero attached hydrogens (tertiary/aromatic N) is 2. The third kappa shape index (κ3) is 1.10. The maximum absolute atomic E-state index is 2.26. The van der Waals surface area contributed by atoms with E-state index in [-0.39, 0.29) is 0 Å². The molecule has 0 saturated heterocycles. The molecule has 0 radical (unpaired) electrons. The lowest BCUT2D eigenvalue weighted by Crippen LogP contribution is -2.25. The van der Waals surface area contributed by atoms with Gasteiger partial charge in [0.25, 0.3) is 5.65 Å². The van der Waals surface area contributed by atoms with Crippen LogP contribution in [-0.4, -0.2) is 4.40 Å². The highest BCUT2D eigenvalue weighted by molar-refractivity contribution is 6.10. The van der Waals surface area contributed by atoms with Gasteiger partial charge in [-0.2, -0.15) is 4.40 Å². The molecule has 4 rings (SSSR count). The van der Waals surface area contributed by atoms with Crippen LogP contribution < -0.4 is 4.57 Å². The van der Waals surface area contributed by atoms with E-state index in [0.29, 0.717) is 0 Å². The van der Waals surface area contributed by atoms with Crippen molar-refractivity contribution in [2.24, 2.45) is 7.05 Å². The van der Waals surface area contributed by atoms with E-state index in [2.05, 4.69) is 76.9 Å². The van der Waals surface area contributed by atoms with Crippen molar-refractivity contribution in [3.8, 4) is 0 Å². The van der Waals surface area contributed by atoms with Crippen LogP contribution in [-0.2, 0) is 7.05 Å². The summed E-state index contributed by atoms with van der Waals surface area (Å²) in [6.45, 7) is 0. The highest BCUT2D eigenvalue weighted by atomic mass is 15.1. The molecular formula is C16H13N2+. The molecular weight excluding hydrogens is 220 g/mol. The topological polar surface area (TPSA) is 8.29 Å². The van der Waals surface area contributed by atoms with Crippen molar-refractivity contribution in [3.63, 3.8) is 0 Å². The van der Waals surface area contributed by atoms with Crippen LogP contribution in [0.5, 0.6) is 0 Å². The molecule has 0 aliphatic carbocycles.